The number of anilines is 1. The summed E-state index contributed by atoms with van der Waals surface area (Å²) in [6, 6.07) is 0. The number of fused-ring (bicyclic) bond motifs is 10. The number of hydrogen-bond acceptors (Lipinski definition) is 12. The van der Waals surface area contributed by atoms with Crippen LogP contribution < -0.4 is 10.3 Å². The van der Waals surface area contributed by atoms with Gasteiger partial charge in [0.25, 0.3) is 5.82 Å². The van der Waals surface area contributed by atoms with E-state index in [1.165, 1.54) is 21.8 Å². The quantitative estimate of drug-likeness (QED) is 0.205. The Morgan fingerprint density at radius 2 is 1.87 bits per heavy atom. The Balaban J connectivity index is 1.68. The highest BCUT2D eigenvalue weighted by Gasteiger charge is 2.48. The molecule has 6 atom stereocenters. The molecule has 2 aromatic heterocycles. The van der Waals surface area contributed by atoms with Gasteiger partial charge in [-0.05, 0) is 0 Å². The second kappa shape index (κ2) is 8.42. The number of aliphatic hydroxyl groups is 2. The summed E-state index contributed by atoms with van der Waals surface area (Å²) in [5.41, 5.74) is 6.76. The molecule has 18 heteroatoms. The molecule has 3 aliphatic heterocycles. The Kier molecular flexibility index (Phi) is 6.15. The number of nitrogens with two attached hydrogens (primary N) is 1. The predicted molar refractivity (Wildman–Crippen MR) is 96.7 cm³/mol. The average molecular weight is 484 g/mol. The largest absolute Gasteiger partial charge is 0.481 e. The number of imidazole rings is 1. The number of aliphatic hydroxyl groups excluding tert-OH is 2. The molecule has 172 valence electrons. The van der Waals surface area contributed by atoms with Gasteiger partial charge in [-0.15, -0.1) is 0 Å². The molecule has 0 aromatic carbocycles. The van der Waals surface area contributed by atoms with Crippen LogP contribution in [0, 0.1) is 0 Å². The Bertz CT molecular complexity index is 1070. The van der Waals surface area contributed by atoms with E-state index in [1.54, 1.807) is 0 Å². The summed E-state index contributed by atoms with van der Waals surface area (Å²) in [4.78, 5) is 27.7. The molecule has 6 bridgehead atoms. The van der Waals surface area contributed by atoms with Gasteiger partial charge in [0, 0.05) is 0 Å². The van der Waals surface area contributed by atoms with E-state index in [1.807, 2.05) is 0 Å². The van der Waals surface area contributed by atoms with E-state index < -0.39 is 53.4 Å². The van der Waals surface area contributed by atoms with Crippen LogP contribution in [-0.4, -0.2) is 72.7 Å². The van der Waals surface area contributed by atoms with E-state index in [9.17, 15) is 29.1 Å². The van der Waals surface area contributed by atoms with Crippen molar-refractivity contribution in [3.8, 4) is 0 Å². The fraction of sp³-hybridized carbons (Fsp3) is 0.615. The highest BCUT2D eigenvalue weighted by molar-refractivity contribution is 7.61. The Hall–Kier alpha value is -1.55. The molecule has 0 saturated carbocycles. The van der Waals surface area contributed by atoms with Gasteiger partial charge in [-0.3, -0.25) is 13.6 Å². The fourth-order valence-electron chi connectivity index (χ4n) is 3.11. The summed E-state index contributed by atoms with van der Waals surface area (Å²) in [6.45, 7) is -1.47. The summed E-state index contributed by atoms with van der Waals surface area (Å²) in [6.07, 6.45) is -2.94. The van der Waals surface area contributed by atoms with Gasteiger partial charge in [-0.25, -0.2) is 18.7 Å². The first kappa shape index (κ1) is 22.6. The van der Waals surface area contributed by atoms with Gasteiger partial charge in [0.1, 0.15) is 31.4 Å². The fourth-order valence-corrected chi connectivity index (χ4v) is 5.17. The topological polar surface area (TPSA) is 222 Å². The molecular weight excluding hydrogens is 464 g/mol. The second-order valence-electron chi connectivity index (χ2n) is 6.66. The van der Waals surface area contributed by atoms with Crippen LogP contribution in [0.2, 0.25) is 0 Å². The zero-order valence-corrected chi connectivity index (χ0v) is 17.5. The van der Waals surface area contributed by atoms with Crippen LogP contribution in [0.1, 0.15) is 6.23 Å². The van der Waals surface area contributed by atoms with Gasteiger partial charge in [-0.2, -0.15) is 4.31 Å². The number of ether oxygens (including phenoxy) is 2. The third-order valence-electron chi connectivity index (χ3n) is 4.57. The summed E-state index contributed by atoms with van der Waals surface area (Å²) in [5, 5.41) is 20.6. The summed E-state index contributed by atoms with van der Waals surface area (Å²) in [5.74, 6) is 0.0726. The SMILES string of the molecule is Nc1c2ncn3c2nc[n+]1[C@@H]1O[C@H](COP(=O)(O)OP(=O)(O)OCCOC3)[C@@H](O)[C@H]1O. The number of aromatic nitrogens is 4. The van der Waals surface area contributed by atoms with Crippen molar-refractivity contribution in [2.24, 2.45) is 0 Å². The van der Waals surface area contributed by atoms with Crippen LogP contribution >= 0.6 is 15.6 Å². The molecule has 31 heavy (non-hydrogen) atoms. The van der Waals surface area contributed by atoms with E-state index in [4.69, 9.17) is 15.2 Å². The molecule has 0 amide bonds. The van der Waals surface area contributed by atoms with Crippen LogP contribution in [0.25, 0.3) is 11.2 Å². The minimum Gasteiger partial charge on any atom is -0.387 e. The molecule has 1 saturated heterocycles. The molecular formula is C13H20N5O11P2+. The molecule has 5 heterocycles. The molecule has 5 rings (SSSR count). The van der Waals surface area contributed by atoms with Gasteiger partial charge < -0.3 is 35.2 Å². The van der Waals surface area contributed by atoms with Gasteiger partial charge in [0.2, 0.25) is 18.2 Å². The molecule has 0 aliphatic carbocycles. The maximum Gasteiger partial charge on any atom is 0.481 e. The Labute approximate surface area is 173 Å². The van der Waals surface area contributed by atoms with Crippen LogP contribution in [0.3, 0.4) is 0 Å². The average Bonchev–Trinajstić information content (AvgIpc) is 3.21. The van der Waals surface area contributed by atoms with Gasteiger partial charge in [-0.1, -0.05) is 4.98 Å². The van der Waals surface area contributed by atoms with Crippen molar-refractivity contribution in [3.63, 3.8) is 0 Å². The lowest BCUT2D eigenvalue weighted by molar-refractivity contribution is -0.754. The summed E-state index contributed by atoms with van der Waals surface area (Å²) in [7, 11) is -10.1. The van der Waals surface area contributed by atoms with Crippen LogP contribution in [0.5, 0.6) is 0 Å². The lowest BCUT2D eigenvalue weighted by Crippen LogP contribution is -2.48. The van der Waals surface area contributed by atoms with E-state index in [-0.39, 0.29) is 24.7 Å². The van der Waals surface area contributed by atoms with Crippen LogP contribution in [-0.2, 0) is 38.7 Å². The monoisotopic (exact) mass is 484 g/mol. The van der Waals surface area contributed by atoms with Crippen molar-refractivity contribution < 1.29 is 56.5 Å². The van der Waals surface area contributed by atoms with Crippen molar-refractivity contribution >= 4 is 32.6 Å². The van der Waals surface area contributed by atoms with Crippen molar-refractivity contribution in [2.45, 2.75) is 31.3 Å². The smallest absolute Gasteiger partial charge is 0.387 e. The first-order chi connectivity index (χ1) is 14.6. The number of nitrogens with zero attached hydrogens (tertiary/aromatic N) is 4. The van der Waals surface area contributed by atoms with Crippen LogP contribution in [0.15, 0.2) is 12.7 Å². The normalized spacial score (nSPS) is 37.8. The second-order valence-corrected chi connectivity index (χ2v) is 9.70. The molecule has 0 spiro atoms. The summed E-state index contributed by atoms with van der Waals surface area (Å²) >= 11 is 0. The Morgan fingerprint density at radius 3 is 2.65 bits per heavy atom. The zero-order valence-electron chi connectivity index (χ0n) is 15.7. The number of hydrogen-bond donors (Lipinski definition) is 5. The maximum absolute atomic E-state index is 12.0. The lowest BCUT2D eigenvalue weighted by Gasteiger charge is -2.19. The van der Waals surface area contributed by atoms with Crippen molar-refractivity contribution in [2.75, 3.05) is 25.6 Å². The third kappa shape index (κ3) is 4.65. The lowest BCUT2D eigenvalue weighted by atomic mass is 10.1. The van der Waals surface area contributed by atoms with E-state index in [0.29, 0.717) is 5.65 Å². The molecule has 0 radical (unpaired) electrons. The molecule has 2 unspecified atom stereocenters. The Morgan fingerprint density at radius 1 is 1.13 bits per heavy atom. The molecule has 2 aromatic rings. The zero-order chi connectivity index (χ0) is 22.4. The highest BCUT2D eigenvalue weighted by Crippen LogP contribution is 2.60. The molecule has 3 aliphatic rings. The van der Waals surface area contributed by atoms with E-state index in [2.05, 4.69) is 23.3 Å². The highest BCUT2D eigenvalue weighted by atomic mass is 31.3. The summed E-state index contributed by atoms with van der Waals surface area (Å²) < 4.78 is 50.8. The minimum atomic E-state index is -5.09. The third-order valence-corrected chi connectivity index (χ3v) is 7.20. The number of phosphoric acid groups is 2. The van der Waals surface area contributed by atoms with Gasteiger partial charge in [0.05, 0.1) is 19.8 Å². The standard InChI is InChI=1S/C13H19N5O11P2/c14-11-8-12-16-5-18(11)13-10(20)9(19)7(28-13)3-27-31(23,24)29-30(21,22)26-2-1-25-6-17(12)4-15-8/h4-5,7,9-10,13-14,19-20H,1-3,6H2,(H2,21,22,23,24)/p+1/t7-,9-,10-,13-/m1/s1. The minimum absolute atomic E-state index is 0.0716. The van der Waals surface area contributed by atoms with E-state index in [0.717, 1.165) is 0 Å². The molecule has 16 nitrogen and oxygen atoms in total. The molecule has 1 fully saturated rings. The van der Waals surface area contributed by atoms with Crippen molar-refractivity contribution in [3.05, 3.63) is 12.7 Å². The maximum atomic E-state index is 12.0. The van der Waals surface area contributed by atoms with Crippen molar-refractivity contribution in [1.29, 1.82) is 0 Å². The van der Waals surface area contributed by atoms with Crippen LogP contribution in [0.4, 0.5) is 5.82 Å². The first-order valence-electron chi connectivity index (χ1n) is 8.84. The number of nitrogen functional groups attached to an aromatic ring is 1. The van der Waals surface area contributed by atoms with Gasteiger partial charge >= 0.3 is 15.6 Å². The van der Waals surface area contributed by atoms with E-state index >= 15 is 0 Å². The van der Waals surface area contributed by atoms with Gasteiger partial charge in [0.15, 0.2) is 5.52 Å². The number of rotatable bonds is 0. The first-order valence-corrected chi connectivity index (χ1v) is 11.8. The predicted octanol–water partition coefficient (Wildman–Crippen LogP) is -1.84. The number of phosphoric ester groups is 2. The molecule has 6 N–H and O–H groups in total. The van der Waals surface area contributed by atoms with Crippen molar-refractivity contribution in [1.82, 2.24) is 14.5 Å².